The fraction of sp³-hybridized carbons (Fsp3) is 0.888. The molecular formula is C89H164N4O20S5. The summed E-state index contributed by atoms with van der Waals surface area (Å²) in [7, 11) is 0. The maximum absolute atomic E-state index is 13.3. The van der Waals surface area contributed by atoms with Gasteiger partial charge in [0.2, 0.25) is 0 Å². The van der Waals surface area contributed by atoms with Gasteiger partial charge in [0.25, 0.3) is 0 Å². The third kappa shape index (κ3) is 73.8. The van der Waals surface area contributed by atoms with E-state index in [1.165, 1.54) is 128 Å². The molecule has 118 heavy (non-hydrogen) atoms. The summed E-state index contributed by atoms with van der Waals surface area (Å²) in [5, 5.41) is 1.87. The first kappa shape index (κ1) is 114. The molecule has 0 aliphatic carbocycles. The molecule has 0 spiro atoms. The summed E-state index contributed by atoms with van der Waals surface area (Å²) in [4.78, 5) is 136. The lowest BCUT2D eigenvalue weighted by Gasteiger charge is -2.26. The largest absolute Gasteiger partial charge is 0.462 e. The molecule has 0 aliphatic rings. The average Bonchev–Trinajstić information content (AvgIpc) is 0.957. The highest BCUT2D eigenvalue weighted by molar-refractivity contribution is 8.01. The van der Waals surface area contributed by atoms with Gasteiger partial charge in [0, 0.05) is 32.7 Å². The first-order valence-electron chi connectivity index (χ1n) is 45.8. The van der Waals surface area contributed by atoms with E-state index in [2.05, 4.69) is 44.8 Å². The number of hydrogen-bond donors (Lipinski definition) is 1. The lowest BCUT2D eigenvalue weighted by atomic mass is 10.1. The number of carbonyl (C=O) groups excluding carboxylic acids is 10. The van der Waals surface area contributed by atoms with Crippen LogP contribution >= 0.6 is 58.8 Å². The molecule has 0 rings (SSSR count). The number of rotatable bonds is 87. The monoisotopic (exact) mass is 1770 g/mol. The zero-order chi connectivity index (χ0) is 87.0. The van der Waals surface area contributed by atoms with Crippen LogP contribution in [0.25, 0.3) is 0 Å². The maximum atomic E-state index is 13.3. The van der Waals surface area contributed by atoms with E-state index in [1.54, 1.807) is 58.8 Å². The summed E-state index contributed by atoms with van der Waals surface area (Å²) < 4.78 is 54.8. The van der Waals surface area contributed by atoms with E-state index < -0.39 is 29.8 Å². The Hall–Kier alpha value is -3.71. The Balaban J connectivity index is 6.18. The van der Waals surface area contributed by atoms with E-state index in [9.17, 15) is 47.9 Å². The lowest BCUT2D eigenvalue weighted by Crippen LogP contribution is -2.35. The second-order valence-electron chi connectivity index (χ2n) is 30.4. The highest BCUT2D eigenvalue weighted by atomic mass is 32.2. The molecule has 0 aromatic rings. The van der Waals surface area contributed by atoms with Gasteiger partial charge in [-0.25, -0.2) is 0 Å². The molecule has 24 nitrogen and oxygen atoms in total. The quantitative estimate of drug-likeness (QED) is 0.0336. The van der Waals surface area contributed by atoms with E-state index >= 15 is 0 Å². The van der Waals surface area contributed by atoms with E-state index in [0.717, 1.165) is 93.0 Å². The first-order chi connectivity index (χ1) is 57.2. The number of nitrogens with zero attached hydrogens (tertiary/aromatic N) is 3. The highest BCUT2D eigenvalue weighted by Crippen LogP contribution is 2.22. The van der Waals surface area contributed by atoms with Crippen LogP contribution in [-0.2, 0) is 95.3 Å². The van der Waals surface area contributed by atoms with Crippen molar-refractivity contribution < 1.29 is 95.3 Å². The lowest BCUT2D eigenvalue weighted by molar-refractivity contribution is -0.152. The third-order valence-electron chi connectivity index (χ3n) is 19.7. The van der Waals surface area contributed by atoms with Crippen molar-refractivity contribution in [1.29, 1.82) is 0 Å². The van der Waals surface area contributed by atoms with Gasteiger partial charge in [0.1, 0.15) is 66.1 Å². The molecule has 0 radical (unpaired) electrons. The number of esters is 10. The summed E-state index contributed by atoms with van der Waals surface area (Å²) in [5.74, 6) is 0.303. The predicted molar refractivity (Wildman–Crippen MR) is 485 cm³/mol. The fourth-order valence-electron chi connectivity index (χ4n) is 12.2. The molecule has 0 saturated carbocycles. The van der Waals surface area contributed by atoms with Crippen LogP contribution in [0.2, 0.25) is 0 Å². The number of nitrogens with one attached hydrogen (secondary N) is 1. The fourth-order valence-corrected chi connectivity index (χ4v) is 16.9. The van der Waals surface area contributed by atoms with Crippen molar-refractivity contribution in [2.75, 3.05) is 167 Å². The number of carbonyl (C=O) groups is 10. The van der Waals surface area contributed by atoms with Crippen LogP contribution in [0.1, 0.15) is 313 Å². The van der Waals surface area contributed by atoms with Crippen LogP contribution in [0, 0.1) is 0 Å². The van der Waals surface area contributed by atoms with Crippen molar-refractivity contribution in [3.63, 3.8) is 0 Å². The molecule has 1 N–H and O–H groups in total. The van der Waals surface area contributed by atoms with Crippen LogP contribution in [-0.4, -0.2) is 267 Å². The van der Waals surface area contributed by atoms with E-state index in [-0.39, 0.29) is 167 Å². The number of hydrogen-bond acceptors (Lipinski definition) is 29. The van der Waals surface area contributed by atoms with Gasteiger partial charge in [-0.1, -0.05) is 195 Å². The molecule has 0 aromatic heterocycles. The zero-order valence-corrected chi connectivity index (χ0v) is 79.3. The Morgan fingerprint density at radius 1 is 0.220 bits per heavy atom. The molecule has 0 aromatic carbocycles. The van der Waals surface area contributed by atoms with Crippen LogP contribution < -0.4 is 5.32 Å². The second-order valence-corrected chi connectivity index (χ2v) is 37.7. The second kappa shape index (κ2) is 84.1. The Bertz CT molecular complexity index is 2380. The third-order valence-corrected chi connectivity index (χ3v) is 25.8. The summed E-state index contributed by atoms with van der Waals surface area (Å²) in [5.41, 5.74) is 0. The molecular weight excluding hydrogens is 1610 g/mol. The zero-order valence-electron chi connectivity index (χ0n) is 75.2. The van der Waals surface area contributed by atoms with Gasteiger partial charge in [-0.3, -0.25) is 47.9 Å². The molecule has 690 valence electrons. The Morgan fingerprint density at radius 3 is 0.593 bits per heavy atom. The first-order valence-corrected chi connectivity index (χ1v) is 51.0. The van der Waals surface area contributed by atoms with Gasteiger partial charge in [0.15, 0.2) is 0 Å². The number of thioether (sulfide) groups is 5. The number of unbranched alkanes of at least 4 members (excludes halogenated alkanes) is 25. The minimum atomic E-state index is -0.487. The van der Waals surface area contributed by atoms with Gasteiger partial charge in [-0.2, -0.15) is 0 Å². The summed E-state index contributed by atoms with van der Waals surface area (Å²) in [6, 6.07) is 0. The van der Waals surface area contributed by atoms with Crippen LogP contribution in [0.4, 0.5) is 0 Å². The van der Waals surface area contributed by atoms with Gasteiger partial charge in [-0.15, -0.1) is 58.8 Å². The highest BCUT2D eigenvalue weighted by Gasteiger charge is 2.23. The summed E-state index contributed by atoms with van der Waals surface area (Å²) >= 11 is 7.84. The summed E-state index contributed by atoms with van der Waals surface area (Å²) in [6.07, 6.45) is 37.3. The van der Waals surface area contributed by atoms with Crippen LogP contribution in [0.3, 0.4) is 0 Å². The summed E-state index contributed by atoms with van der Waals surface area (Å²) in [6.45, 7) is 24.2. The normalized spacial score (nSPS) is 12.7. The van der Waals surface area contributed by atoms with Gasteiger partial charge in [-0.05, 0) is 154 Å². The maximum Gasteiger partial charge on any atom is 0.318 e. The van der Waals surface area contributed by atoms with Gasteiger partial charge >= 0.3 is 59.7 Å². The Labute approximate surface area is 735 Å². The van der Waals surface area contributed by atoms with Gasteiger partial charge in [0.05, 0.1) is 58.4 Å². The van der Waals surface area contributed by atoms with Crippen molar-refractivity contribution in [1.82, 2.24) is 20.0 Å². The predicted octanol–water partition coefficient (Wildman–Crippen LogP) is 17.4. The molecule has 0 fully saturated rings. The van der Waals surface area contributed by atoms with E-state index in [1.807, 2.05) is 44.4 Å². The van der Waals surface area contributed by atoms with Crippen LogP contribution in [0.5, 0.6) is 0 Å². The minimum Gasteiger partial charge on any atom is -0.462 e. The SMILES string of the molecule is CCCCCCCCSC(C)C(=O)OCCOC(=O)CCN(CCCNCCCN(CCC(=O)OCCOC(=O)C(C)SCCCCCCCC)CCC(=O)OCCOC(=O)C(C)SCCCCCCCC)CCCN(CCC(=O)OCCOC(=O)C(C)SCCCCCCCC)CCC(=O)OCCOC(=O)C(C)SCCCCCCCC. The average molecular weight is 1770 g/mol. The molecule has 0 heterocycles. The van der Waals surface area contributed by atoms with E-state index in [0.29, 0.717) is 78.2 Å². The molecule has 0 saturated heterocycles. The molecule has 0 amide bonds. The molecule has 0 bridgehead atoms. The van der Waals surface area contributed by atoms with Crippen molar-refractivity contribution >= 4 is 119 Å². The smallest absolute Gasteiger partial charge is 0.318 e. The van der Waals surface area contributed by atoms with Gasteiger partial charge < -0.3 is 67.4 Å². The van der Waals surface area contributed by atoms with E-state index in [4.69, 9.17) is 47.4 Å². The molecule has 5 unspecified atom stereocenters. The minimum absolute atomic E-state index is 0.000415. The number of ether oxygens (including phenoxy) is 10. The Kier molecular flexibility index (Phi) is 81.5. The Morgan fingerprint density at radius 2 is 0.390 bits per heavy atom. The van der Waals surface area contributed by atoms with Crippen molar-refractivity contribution in [2.24, 2.45) is 0 Å². The van der Waals surface area contributed by atoms with Crippen molar-refractivity contribution in [2.45, 2.75) is 339 Å². The topological polar surface area (TPSA) is 285 Å². The van der Waals surface area contributed by atoms with Crippen molar-refractivity contribution in [3.05, 3.63) is 0 Å². The van der Waals surface area contributed by atoms with Crippen LogP contribution in [0.15, 0.2) is 0 Å². The van der Waals surface area contributed by atoms with Crippen molar-refractivity contribution in [3.8, 4) is 0 Å². The molecule has 29 heteroatoms. The molecule has 5 atom stereocenters. The standard InChI is InChI=1S/C89H164N4O20S5/c1-11-16-21-26-31-36-70-114-75(6)85(99)109-65-60-104-80(94)44-55-91(53-43-54-93(58-47-83(97)107-63-68-112-88(102)78(9)117-73-39-34-29-24-19-14-4)59-48-84(98)108-64-69-113-89(103)79(10)118-74-40-35-30-25-20-15-5)51-41-49-90-50-42-52-92(56-45-81(95)105-61-66-110-86(100)76(7)115-71-37-32-27-22-17-12-2)57-46-82(96)106-62-67-111-87(101)77(8)116-72-38-33-28-23-18-13-3/h75-79,90H,11-74H2,1-10H3. The molecule has 0 aliphatic heterocycles.